The Hall–Kier alpha value is -1.39. The van der Waals surface area contributed by atoms with Gasteiger partial charge in [0.15, 0.2) is 0 Å². The van der Waals surface area contributed by atoms with Gasteiger partial charge in [-0.25, -0.2) is 4.39 Å². The number of aryl methyl sites for hydroxylation is 2. The van der Waals surface area contributed by atoms with Crippen LogP contribution in [0.3, 0.4) is 0 Å². The van der Waals surface area contributed by atoms with Gasteiger partial charge in [0, 0.05) is 24.8 Å². The van der Waals surface area contributed by atoms with E-state index in [-0.39, 0.29) is 16.9 Å². The molecule has 0 aliphatic carbocycles. The van der Waals surface area contributed by atoms with Gasteiger partial charge in [-0.3, -0.25) is 4.68 Å². The predicted molar refractivity (Wildman–Crippen MR) is 84.1 cm³/mol. The van der Waals surface area contributed by atoms with Gasteiger partial charge < -0.3 is 5.32 Å². The molecule has 0 aliphatic heterocycles. The number of hydrogen-bond acceptors (Lipinski definition) is 2. The van der Waals surface area contributed by atoms with Crippen molar-refractivity contribution in [3.63, 3.8) is 0 Å². The minimum absolute atomic E-state index is 0.124. The number of nitrogens with one attached hydrogen (secondary N) is 1. The number of nitrogens with zero attached hydrogens (tertiary/aromatic N) is 2. The van der Waals surface area contributed by atoms with Crippen molar-refractivity contribution in [3.8, 4) is 0 Å². The minimum Gasteiger partial charge on any atom is -0.310 e. The van der Waals surface area contributed by atoms with E-state index >= 15 is 0 Å². The van der Waals surface area contributed by atoms with E-state index in [4.69, 9.17) is 11.6 Å². The zero-order chi connectivity index (χ0) is 15.4. The molecule has 5 heteroatoms. The third-order valence-corrected chi connectivity index (χ3v) is 3.80. The Morgan fingerprint density at radius 3 is 2.76 bits per heavy atom. The molecule has 114 valence electrons. The topological polar surface area (TPSA) is 29.9 Å². The van der Waals surface area contributed by atoms with E-state index in [1.54, 1.807) is 6.07 Å². The van der Waals surface area contributed by atoms with Crippen LogP contribution in [0, 0.1) is 12.7 Å². The van der Waals surface area contributed by atoms with Crippen molar-refractivity contribution in [1.82, 2.24) is 15.1 Å². The first-order valence-electron chi connectivity index (χ1n) is 7.18. The highest BCUT2D eigenvalue weighted by atomic mass is 35.5. The standard InChI is InChI=1S/C16H21ClFN3/c1-4-7-19-16(13-10-21(3)20-11(13)2)9-12-5-6-14(17)15(18)8-12/h5-6,8,10,16,19H,4,7,9H2,1-3H3. The first-order chi connectivity index (χ1) is 10.0. The van der Waals surface area contributed by atoms with Crippen molar-refractivity contribution < 1.29 is 4.39 Å². The van der Waals surface area contributed by atoms with Crippen LogP contribution in [0.25, 0.3) is 0 Å². The molecular weight excluding hydrogens is 289 g/mol. The number of hydrogen-bond donors (Lipinski definition) is 1. The second kappa shape index (κ2) is 7.05. The van der Waals surface area contributed by atoms with Crippen molar-refractivity contribution in [2.45, 2.75) is 32.7 Å². The van der Waals surface area contributed by atoms with Gasteiger partial charge in [-0.2, -0.15) is 5.10 Å². The number of rotatable bonds is 6. The van der Waals surface area contributed by atoms with Crippen LogP contribution in [0.1, 0.15) is 36.2 Å². The molecule has 0 spiro atoms. The van der Waals surface area contributed by atoms with E-state index in [0.717, 1.165) is 29.8 Å². The number of aromatic nitrogens is 2. The molecule has 0 fully saturated rings. The Balaban J connectivity index is 2.23. The van der Waals surface area contributed by atoms with Crippen LogP contribution in [0.4, 0.5) is 4.39 Å². The van der Waals surface area contributed by atoms with Gasteiger partial charge >= 0.3 is 0 Å². The predicted octanol–water partition coefficient (Wildman–Crippen LogP) is 3.80. The molecule has 1 aromatic heterocycles. The van der Waals surface area contributed by atoms with Crippen molar-refractivity contribution in [3.05, 3.63) is 52.1 Å². The maximum absolute atomic E-state index is 13.6. The average Bonchev–Trinajstić information content (AvgIpc) is 2.77. The molecule has 0 bridgehead atoms. The molecule has 1 atom stereocenters. The first-order valence-corrected chi connectivity index (χ1v) is 7.56. The maximum Gasteiger partial charge on any atom is 0.142 e. The molecule has 0 saturated carbocycles. The number of halogens is 2. The highest BCUT2D eigenvalue weighted by Crippen LogP contribution is 2.23. The van der Waals surface area contributed by atoms with E-state index < -0.39 is 0 Å². The fraction of sp³-hybridized carbons (Fsp3) is 0.438. The SMILES string of the molecule is CCCNC(Cc1ccc(Cl)c(F)c1)c1cn(C)nc1C. The lowest BCUT2D eigenvalue weighted by molar-refractivity contribution is 0.525. The molecular formula is C16H21ClFN3. The highest BCUT2D eigenvalue weighted by molar-refractivity contribution is 6.30. The number of benzene rings is 1. The summed E-state index contributed by atoms with van der Waals surface area (Å²) < 4.78 is 15.4. The Kier molecular flexibility index (Phi) is 5.37. The summed E-state index contributed by atoms with van der Waals surface area (Å²) in [6.07, 6.45) is 3.78. The van der Waals surface area contributed by atoms with Gasteiger partial charge in [-0.05, 0) is 44.0 Å². The second-order valence-corrected chi connectivity index (χ2v) is 5.71. The lowest BCUT2D eigenvalue weighted by Crippen LogP contribution is -2.24. The van der Waals surface area contributed by atoms with E-state index in [1.165, 1.54) is 6.07 Å². The summed E-state index contributed by atoms with van der Waals surface area (Å²) in [6.45, 7) is 5.04. The smallest absolute Gasteiger partial charge is 0.142 e. The van der Waals surface area contributed by atoms with Crippen LogP contribution in [-0.2, 0) is 13.5 Å². The molecule has 0 amide bonds. The van der Waals surface area contributed by atoms with E-state index in [9.17, 15) is 4.39 Å². The minimum atomic E-state index is -0.369. The third-order valence-electron chi connectivity index (χ3n) is 3.49. The average molecular weight is 310 g/mol. The van der Waals surface area contributed by atoms with E-state index in [2.05, 4.69) is 17.3 Å². The van der Waals surface area contributed by atoms with Crippen LogP contribution in [-0.4, -0.2) is 16.3 Å². The van der Waals surface area contributed by atoms with Crippen molar-refractivity contribution >= 4 is 11.6 Å². The monoisotopic (exact) mass is 309 g/mol. The molecule has 2 aromatic rings. The quantitative estimate of drug-likeness (QED) is 0.879. The molecule has 21 heavy (non-hydrogen) atoms. The third kappa shape index (κ3) is 4.05. The summed E-state index contributed by atoms with van der Waals surface area (Å²) >= 11 is 5.74. The molecule has 1 aromatic carbocycles. The highest BCUT2D eigenvalue weighted by Gasteiger charge is 2.17. The van der Waals surface area contributed by atoms with Crippen molar-refractivity contribution in [1.29, 1.82) is 0 Å². The van der Waals surface area contributed by atoms with Crippen LogP contribution in [0.2, 0.25) is 5.02 Å². The second-order valence-electron chi connectivity index (χ2n) is 5.30. The van der Waals surface area contributed by atoms with Crippen LogP contribution >= 0.6 is 11.6 Å². The molecule has 0 saturated heterocycles. The zero-order valence-corrected chi connectivity index (χ0v) is 13.4. The lowest BCUT2D eigenvalue weighted by Gasteiger charge is -2.18. The van der Waals surface area contributed by atoms with Gasteiger partial charge in [-0.1, -0.05) is 24.6 Å². The molecule has 0 aliphatic rings. The van der Waals surface area contributed by atoms with Gasteiger partial charge in [0.25, 0.3) is 0 Å². The molecule has 2 rings (SSSR count). The summed E-state index contributed by atoms with van der Waals surface area (Å²) in [5.74, 6) is -0.369. The molecule has 1 heterocycles. The van der Waals surface area contributed by atoms with Crippen LogP contribution in [0.5, 0.6) is 0 Å². The summed E-state index contributed by atoms with van der Waals surface area (Å²) in [5, 5.41) is 8.07. The van der Waals surface area contributed by atoms with E-state index in [1.807, 2.05) is 30.9 Å². The van der Waals surface area contributed by atoms with Gasteiger partial charge in [0.1, 0.15) is 5.82 Å². The largest absolute Gasteiger partial charge is 0.310 e. The Bertz CT molecular complexity index is 610. The summed E-state index contributed by atoms with van der Waals surface area (Å²) in [6, 6.07) is 5.12. The van der Waals surface area contributed by atoms with Crippen molar-refractivity contribution in [2.75, 3.05) is 6.54 Å². The summed E-state index contributed by atoms with van der Waals surface area (Å²) in [7, 11) is 1.91. The summed E-state index contributed by atoms with van der Waals surface area (Å²) in [5.41, 5.74) is 3.08. The summed E-state index contributed by atoms with van der Waals surface area (Å²) in [4.78, 5) is 0. The molecule has 0 radical (unpaired) electrons. The van der Waals surface area contributed by atoms with Gasteiger partial charge in [0.2, 0.25) is 0 Å². The normalized spacial score (nSPS) is 12.6. The fourth-order valence-corrected chi connectivity index (χ4v) is 2.59. The Labute approximate surface area is 130 Å². The maximum atomic E-state index is 13.6. The van der Waals surface area contributed by atoms with Crippen LogP contribution < -0.4 is 5.32 Å². The lowest BCUT2D eigenvalue weighted by atomic mass is 9.99. The fourth-order valence-electron chi connectivity index (χ4n) is 2.47. The first kappa shape index (κ1) is 16.0. The Morgan fingerprint density at radius 1 is 1.43 bits per heavy atom. The van der Waals surface area contributed by atoms with E-state index in [0.29, 0.717) is 6.42 Å². The molecule has 3 nitrogen and oxygen atoms in total. The van der Waals surface area contributed by atoms with Gasteiger partial charge in [0.05, 0.1) is 10.7 Å². The molecule has 1 unspecified atom stereocenters. The molecule has 1 N–H and O–H groups in total. The zero-order valence-electron chi connectivity index (χ0n) is 12.7. The van der Waals surface area contributed by atoms with Gasteiger partial charge in [-0.15, -0.1) is 0 Å². The van der Waals surface area contributed by atoms with Crippen LogP contribution in [0.15, 0.2) is 24.4 Å². The van der Waals surface area contributed by atoms with Crippen molar-refractivity contribution in [2.24, 2.45) is 7.05 Å². The Morgan fingerprint density at radius 2 is 2.19 bits per heavy atom.